The fourth-order valence-corrected chi connectivity index (χ4v) is 3.82. The average Bonchev–Trinajstić information content (AvgIpc) is 2.48. The van der Waals surface area contributed by atoms with Gasteiger partial charge < -0.3 is 9.64 Å². The molecule has 2 heterocycles. The van der Waals surface area contributed by atoms with Crippen molar-refractivity contribution in [1.82, 2.24) is 4.98 Å². The van der Waals surface area contributed by atoms with Gasteiger partial charge in [0.2, 0.25) is 9.84 Å². The lowest BCUT2D eigenvalue weighted by atomic mass is 10.2. The van der Waals surface area contributed by atoms with Crippen molar-refractivity contribution in [3.63, 3.8) is 0 Å². The highest BCUT2D eigenvalue weighted by Crippen LogP contribution is 2.29. The summed E-state index contributed by atoms with van der Waals surface area (Å²) in [4.78, 5) is 5.97. The van der Waals surface area contributed by atoms with Crippen LogP contribution in [0.4, 0.5) is 10.1 Å². The van der Waals surface area contributed by atoms with Crippen LogP contribution in [0.5, 0.6) is 0 Å². The monoisotopic (exact) mass is 335 g/mol. The number of hydrogen-bond acceptors (Lipinski definition) is 5. The first kappa shape index (κ1) is 15.9. The maximum Gasteiger partial charge on any atom is 0.208 e. The van der Waals surface area contributed by atoms with Crippen LogP contribution in [-0.2, 0) is 14.6 Å². The standard InChI is InChI=1S/C16H16FN2O3S/c1-22-11-12-3-4-13(17)7-16(12)23(20,21)15-8-14(9-18-10-15)19-5-2-6-19/h3-4,7-11H,2,5-6H2,1H3. The Morgan fingerprint density at radius 3 is 2.70 bits per heavy atom. The molecule has 1 aliphatic rings. The maximum absolute atomic E-state index is 13.6. The molecule has 0 bridgehead atoms. The summed E-state index contributed by atoms with van der Waals surface area (Å²) in [6.07, 6.45) is 3.99. The van der Waals surface area contributed by atoms with Gasteiger partial charge in [-0.15, -0.1) is 0 Å². The Balaban J connectivity index is 2.06. The number of methoxy groups -OCH3 is 1. The molecule has 1 fully saturated rings. The number of aromatic nitrogens is 1. The van der Waals surface area contributed by atoms with E-state index in [0.717, 1.165) is 31.3 Å². The van der Waals surface area contributed by atoms with E-state index in [1.165, 1.54) is 32.0 Å². The van der Waals surface area contributed by atoms with Gasteiger partial charge in [0.25, 0.3) is 0 Å². The van der Waals surface area contributed by atoms with Gasteiger partial charge in [0.05, 0.1) is 21.7 Å². The molecule has 3 rings (SSSR count). The Kier molecular flexibility index (Phi) is 4.32. The van der Waals surface area contributed by atoms with Crippen molar-refractivity contribution in [3.05, 3.63) is 54.6 Å². The lowest BCUT2D eigenvalue weighted by molar-refractivity contribution is 0.290. The highest BCUT2D eigenvalue weighted by Gasteiger charge is 2.24. The largest absolute Gasteiger partial charge is 0.374 e. The molecule has 0 saturated carbocycles. The fraction of sp³-hybridized carbons (Fsp3) is 0.250. The van der Waals surface area contributed by atoms with Crippen LogP contribution in [0, 0.1) is 12.4 Å². The molecule has 0 spiro atoms. The van der Waals surface area contributed by atoms with Gasteiger partial charge in [-0.2, -0.15) is 0 Å². The van der Waals surface area contributed by atoms with E-state index in [9.17, 15) is 12.8 Å². The number of benzene rings is 1. The van der Waals surface area contributed by atoms with E-state index >= 15 is 0 Å². The van der Waals surface area contributed by atoms with Crippen LogP contribution in [0.1, 0.15) is 12.0 Å². The molecule has 23 heavy (non-hydrogen) atoms. The van der Waals surface area contributed by atoms with Gasteiger partial charge in [-0.05, 0) is 24.6 Å². The number of anilines is 1. The van der Waals surface area contributed by atoms with E-state index in [0.29, 0.717) is 5.56 Å². The van der Waals surface area contributed by atoms with Crippen molar-refractivity contribution in [2.45, 2.75) is 16.2 Å². The third-order valence-corrected chi connectivity index (χ3v) is 5.52. The van der Waals surface area contributed by atoms with E-state index in [2.05, 4.69) is 4.98 Å². The van der Waals surface area contributed by atoms with Crippen molar-refractivity contribution in [1.29, 1.82) is 0 Å². The molecule has 0 N–H and O–H groups in total. The molecule has 121 valence electrons. The Labute approximate surface area is 134 Å². The number of sulfone groups is 1. The average molecular weight is 335 g/mol. The molecule has 5 nitrogen and oxygen atoms in total. The summed E-state index contributed by atoms with van der Waals surface area (Å²) in [6, 6.07) is 5.14. The second kappa shape index (κ2) is 6.25. The first-order chi connectivity index (χ1) is 11.0. The minimum absolute atomic E-state index is 0.0400. The number of pyridine rings is 1. The summed E-state index contributed by atoms with van der Waals surface area (Å²) in [7, 11) is -2.49. The Morgan fingerprint density at radius 2 is 2.04 bits per heavy atom. The molecule has 0 amide bonds. The molecular weight excluding hydrogens is 319 g/mol. The van der Waals surface area contributed by atoms with Crippen LogP contribution >= 0.6 is 0 Å². The molecule has 7 heteroatoms. The van der Waals surface area contributed by atoms with Crippen molar-refractivity contribution in [2.24, 2.45) is 0 Å². The van der Waals surface area contributed by atoms with Gasteiger partial charge in [0.15, 0.2) is 0 Å². The van der Waals surface area contributed by atoms with Crippen LogP contribution in [0.25, 0.3) is 0 Å². The van der Waals surface area contributed by atoms with Crippen LogP contribution in [-0.4, -0.2) is 33.6 Å². The lowest BCUT2D eigenvalue weighted by Gasteiger charge is -2.33. The molecule has 0 unspecified atom stereocenters. The first-order valence-corrected chi connectivity index (χ1v) is 8.61. The molecule has 1 radical (unpaired) electrons. The quantitative estimate of drug-likeness (QED) is 0.840. The minimum atomic E-state index is -3.89. The zero-order valence-electron chi connectivity index (χ0n) is 12.6. The topological polar surface area (TPSA) is 59.5 Å². The SMILES string of the molecule is CO[CH]c1ccc(F)cc1S(=O)(=O)c1cncc(N2CCC2)c1. The Bertz CT molecular complexity index is 820. The lowest BCUT2D eigenvalue weighted by Crippen LogP contribution is -2.37. The molecule has 1 aromatic carbocycles. The van der Waals surface area contributed by atoms with Crippen LogP contribution in [0.15, 0.2) is 46.5 Å². The highest BCUT2D eigenvalue weighted by molar-refractivity contribution is 7.91. The molecule has 1 aliphatic heterocycles. The number of hydrogen-bond donors (Lipinski definition) is 0. The smallest absolute Gasteiger partial charge is 0.208 e. The predicted molar refractivity (Wildman–Crippen MR) is 83.3 cm³/mol. The third kappa shape index (κ3) is 3.07. The minimum Gasteiger partial charge on any atom is -0.374 e. The van der Waals surface area contributed by atoms with Crippen molar-refractivity contribution < 1.29 is 17.5 Å². The van der Waals surface area contributed by atoms with E-state index in [4.69, 9.17) is 4.74 Å². The van der Waals surface area contributed by atoms with Crippen LogP contribution in [0.3, 0.4) is 0 Å². The van der Waals surface area contributed by atoms with E-state index in [-0.39, 0.29) is 9.79 Å². The number of nitrogens with zero attached hydrogens (tertiary/aromatic N) is 2. The Hall–Kier alpha value is -1.99. The highest BCUT2D eigenvalue weighted by atomic mass is 32.2. The van der Waals surface area contributed by atoms with Gasteiger partial charge >= 0.3 is 0 Å². The molecule has 0 aliphatic carbocycles. The molecule has 2 aromatic rings. The summed E-state index contributed by atoms with van der Waals surface area (Å²) < 4.78 is 44.2. The van der Waals surface area contributed by atoms with Crippen LogP contribution in [0.2, 0.25) is 0 Å². The summed E-state index contributed by atoms with van der Waals surface area (Å²) >= 11 is 0. The summed E-state index contributed by atoms with van der Waals surface area (Å²) in [5.41, 5.74) is 1.05. The third-order valence-electron chi connectivity index (χ3n) is 3.74. The van der Waals surface area contributed by atoms with Gasteiger partial charge in [0, 0.05) is 32.0 Å². The van der Waals surface area contributed by atoms with Crippen molar-refractivity contribution >= 4 is 15.5 Å². The van der Waals surface area contributed by atoms with E-state index in [1.807, 2.05) is 4.90 Å². The second-order valence-electron chi connectivity index (χ2n) is 5.26. The first-order valence-electron chi connectivity index (χ1n) is 7.13. The van der Waals surface area contributed by atoms with Crippen LogP contribution < -0.4 is 4.90 Å². The Morgan fingerprint density at radius 1 is 1.26 bits per heavy atom. The van der Waals surface area contributed by atoms with E-state index in [1.54, 1.807) is 12.3 Å². The zero-order chi connectivity index (χ0) is 16.4. The summed E-state index contributed by atoms with van der Waals surface area (Å²) in [5.74, 6) is -0.622. The van der Waals surface area contributed by atoms with Gasteiger partial charge in [-0.3, -0.25) is 4.98 Å². The molecule has 1 aromatic heterocycles. The van der Waals surface area contributed by atoms with Gasteiger partial charge in [-0.1, -0.05) is 6.07 Å². The number of rotatable bonds is 5. The maximum atomic E-state index is 13.6. The fourth-order valence-electron chi connectivity index (χ4n) is 2.39. The normalized spacial score (nSPS) is 14.6. The van der Waals surface area contributed by atoms with Gasteiger partial charge in [0.1, 0.15) is 12.4 Å². The number of halogens is 1. The number of ether oxygens (including phenoxy) is 1. The molecule has 1 saturated heterocycles. The zero-order valence-corrected chi connectivity index (χ0v) is 13.4. The molecular formula is C16H16FN2O3S. The second-order valence-corrected chi connectivity index (χ2v) is 7.18. The van der Waals surface area contributed by atoms with Crippen molar-refractivity contribution in [2.75, 3.05) is 25.1 Å². The molecule has 0 atom stereocenters. The summed E-state index contributed by atoms with van der Waals surface area (Å²) in [5, 5.41) is 0. The predicted octanol–water partition coefficient (Wildman–Crippen LogP) is 2.42. The van der Waals surface area contributed by atoms with Gasteiger partial charge in [-0.25, -0.2) is 12.8 Å². The van der Waals surface area contributed by atoms with Crippen molar-refractivity contribution in [3.8, 4) is 0 Å². The van der Waals surface area contributed by atoms with E-state index < -0.39 is 15.7 Å². The summed E-state index contributed by atoms with van der Waals surface area (Å²) in [6.45, 7) is 3.04.